The van der Waals surface area contributed by atoms with E-state index >= 15 is 0 Å². The fourth-order valence-corrected chi connectivity index (χ4v) is 3.27. The lowest BCUT2D eigenvalue weighted by molar-refractivity contribution is -0.148. The second-order valence-electron chi connectivity index (χ2n) is 6.29. The van der Waals surface area contributed by atoms with Gasteiger partial charge in [0.15, 0.2) is 0 Å². The fraction of sp³-hybridized carbons (Fsp3) is 0.381. The van der Waals surface area contributed by atoms with Gasteiger partial charge in [-0.3, -0.25) is 9.80 Å². The Morgan fingerprint density at radius 3 is 2.44 bits per heavy atom. The Bertz CT molecular complexity index is 751. The number of carbonyl (C=O) groups is 1. The molecule has 1 unspecified atom stereocenters. The molecule has 6 heteroatoms. The Labute approximate surface area is 160 Å². The van der Waals surface area contributed by atoms with Crippen LogP contribution >= 0.6 is 0 Å². The number of rotatable bonds is 10. The lowest BCUT2D eigenvalue weighted by Crippen LogP contribution is -2.39. The maximum atomic E-state index is 13.2. The van der Waals surface area contributed by atoms with Crippen molar-refractivity contribution in [3.8, 4) is 5.75 Å². The molecule has 0 amide bonds. The van der Waals surface area contributed by atoms with Crippen LogP contribution in [0.25, 0.3) is 0 Å². The van der Waals surface area contributed by atoms with Crippen molar-refractivity contribution in [3.63, 3.8) is 0 Å². The highest BCUT2D eigenvalue weighted by Crippen LogP contribution is 2.39. The first-order valence-electron chi connectivity index (χ1n) is 9.00. The fourth-order valence-electron chi connectivity index (χ4n) is 3.27. The predicted octanol–water partition coefficient (Wildman–Crippen LogP) is 3.94. The molecule has 2 aromatic rings. The SMILES string of the molecule is CCOC(=O)C(CCCN(C)N=O)(c1ccccc1)c1cccc(OC)c1. The molecule has 0 radical (unpaired) electrons. The zero-order valence-corrected chi connectivity index (χ0v) is 16.1. The molecule has 0 aliphatic heterocycles. The largest absolute Gasteiger partial charge is 0.497 e. The number of ether oxygens (including phenoxy) is 2. The van der Waals surface area contributed by atoms with Crippen LogP contribution in [0.5, 0.6) is 5.75 Å². The smallest absolute Gasteiger partial charge is 0.321 e. The highest BCUT2D eigenvalue weighted by atomic mass is 16.5. The lowest BCUT2D eigenvalue weighted by Gasteiger charge is -2.33. The molecule has 1 atom stereocenters. The zero-order valence-electron chi connectivity index (χ0n) is 16.1. The van der Waals surface area contributed by atoms with Gasteiger partial charge in [0.1, 0.15) is 11.2 Å². The molecule has 2 rings (SSSR count). The quantitative estimate of drug-likeness (QED) is 0.360. The molecule has 2 aromatic carbocycles. The monoisotopic (exact) mass is 370 g/mol. The van der Waals surface area contributed by atoms with Crippen molar-refractivity contribution in [1.82, 2.24) is 5.01 Å². The predicted molar refractivity (Wildman–Crippen MR) is 105 cm³/mol. The summed E-state index contributed by atoms with van der Waals surface area (Å²) >= 11 is 0. The number of hydrogen-bond acceptors (Lipinski definition) is 5. The number of nitrogens with zero attached hydrogens (tertiary/aromatic N) is 2. The van der Waals surface area contributed by atoms with Crippen LogP contribution in [0.4, 0.5) is 0 Å². The summed E-state index contributed by atoms with van der Waals surface area (Å²) in [6, 6.07) is 17.1. The topological polar surface area (TPSA) is 68.2 Å². The van der Waals surface area contributed by atoms with E-state index in [9.17, 15) is 9.70 Å². The van der Waals surface area contributed by atoms with E-state index < -0.39 is 5.41 Å². The zero-order chi connectivity index (χ0) is 19.7. The lowest BCUT2D eigenvalue weighted by atomic mass is 9.71. The first kappa shape index (κ1) is 20.4. The Morgan fingerprint density at radius 1 is 1.11 bits per heavy atom. The van der Waals surface area contributed by atoms with E-state index in [1.54, 1.807) is 21.1 Å². The molecule has 27 heavy (non-hydrogen) atoms. The first-order valence-corrected chi connectivity index (χ1v) is 9.00. The van der Waals surface area contributed by atoms with E-state index in [0.717, 1.165) is 11.1 Å². The van der Waals surface area contributed by atoms with Gasteiger partial charge in [-0.15, -0.1) is 4.91 Å². The van der Waals surface area contributed by atoms with Gasteiger partial charge >= 0.3 is 5.97 Å². The molecule has 0 spiro atoms. The molecular weight excluding hydrogens is 344 g/mol. The van der Waals surface area contributed by atoms with Gasteiger partial charge in [-0.05, 0) is 43.0 Å². The maximum absolute atomic E-state index is 13.2. The summed E-state index contributed by atoms with van der Waals surface area (Å²) in [6.07, 6.45) is 1.07. The van der Waals surface area contributed by atoms with E-state index in [1.165, 1.54) is 5.01 Å². The molecule has 0 heterocycles. The van der Waals surface area contributed by atoms with Crippen LogP contribution in [-0.2, 0) is 14.9 Å². The van der Waals surface area contributed by atoms with Gasteiger partial charge in [-0.2, -0.15) is 0 Å². The molecular formula is C21H26N2O4. The summed E-state index contributed by atoms with van der Waals surface area (Å²) in [4.78, 5) is 23.9. The van der Waals surface area contributed by atoms with Crippen LogP contribution in [0.1, 0.15) is 30.9 Å². The van der Waals surface area contributed by atoms with Crippen molar-refractivity contribution >= 4 is 5.97 Å². The molecule has 6 nitrogen and oxygen atoms in total. The van der Waals surface area contributed by atoms with Crippen LogP contribution < -0.4 is 4.74 Å². The van der Waals surface area contributed by atoms with Gasteiger partial charge < -0.3 is 9.47 Å². The molecule has 144 valence electrons. The highest BCUT2D eigenvalue weighted by Gasteiger charge is 2.43. The average Bonchev–Trinajstić information content (AvgIpc) is 2.72. The van der Waals surface area contributed by atoms with Crippen LogP contribution in [0.15, 0.2) is 59.9 Å². The minimum Gasteiger partial charge on any atom is -0.497 e. The van der Waals surface area contributed by atoms with Crippen molar-refractivity contribution in [3.05, 3.63) is 70.6 Å². The summed E-state index contributed by atoms with van der Waals surface area (Å²) in [5, 5.41) is 4.24. The minimum atomic E-state index is -0.991. The van der Waals surface area contributed by atoms with Crippen molar-refractivity contribution in [2.75, 3.05) is 27.3 Å². The highest BCUT2D eigenvalue weighted by molar-refractivity contribution is 5.88. The van der Waals surface area contributed by atoms with Crippen LogP contribution in [0.2, 0.25) is 0 Å². The number of methoxy groups -OCH3 is 1. The van der Waals surface area contributed by atoms with E-state index in [4.69, 9.17) is 9.47 Å². The summed E-state index contributed by atoms with van der Waals surface area (Å²) in [5.41, 5.74) is 0.654. The van der Waals surface area contributed by atoms with Gasteiger partial charge in [0.2, 0.25) is 0 Å². The standard InChI is InChI=1S/C21H26N2O4/c1-4-27-20(24)21(14-9-15-23(2)22-25,17-10-6-5-7-11-17)18-12-8-13-19(16-18)26-3/h5-8,10-13,16H,4,9,14-15H2,1-3H3. The molecule has 0 aromatic heterocycles. The molecule has 0 aliphatic rings. The average molecular weight is 370 g/mol. The van der Waals surface area contributed by atoms with Gasteiger partial charge in [0.05, 0.1) is 19.0 Å². The third kappa shape index (κ3) is 4.64. The number of carbonyl (C=O) groups excluding carboxylic acids is 1. The molecule has 0 aliphatic carbocycles. The van der Waals surface area contributed by atoms with Gasteiger partial charge in [0, 0.05) is 13.6 Å². The van der Waals surface area contributed by atoms with E-state index in [1.807, 2.05) is 54.6 Å². The molecule has 0 N–H and O–H groups in total. The Balaban J connectivity index is 2.57. The minimum absolute atomic E-state index is 0.285. The Kier molecular flexibility index (Phi) is 7.34. The normalized spacial score (nSPS) is 12.7. The number of benzene rings is 2. The maximum Gasteiger partial charge on any atom is 0.321 e. The van der Waals surface area contributed by atoms with Gasteiger partial charge in [-0.25, -0.2) is 0 Å². The van der Waals surface area contributed by atoms with Crippen molar-refractivity contribution in [2.45, 2.75) is 25.2 Å². The van der Waals surface area contributed by atoms with Crippen molar-refractivity contribution in [1.29, 1.82) is 0 Å². The van der Waals surface area contributed by atoms with Gasteiger partial charge in [0.25, 0.3) is 0 Å². The van der Waals surface area contributed by atoms with Crippen molar-refractivity contribution in [2.24, 2.45) is 5.29 Å². The van der Waals surface area contributed by atoms with Crippen LogP contribution in [-0.4, -0.2) is 38.3 Å². The summed E-state index contributed by atoms with van der Waals surface area (Å²) in [7, 11) is 3.21. The summed E-state index contributed by atoms with van der Waals surface area (Å²) in [5.74, 6) is 0.356. The van der Waals surface area contributed by atoms with E-state index in [0.29, 0.717) is 25.1 Å². The molecule has 0 bridgehead atoms. The Morgan fingerprint density at radius 2 is 1.81 bits per heavy atom. The third-order valence-corrected chi connectivity index (χ3v) is 4.63. The van der Waals surface area contributed by atoms with Crippen LogP contribution in [0.3, 0.4) is 0 Å². The van der Waals surface area contributed by atoms with E-state index in [-0.39, 0.29) is 12.6 Å². The number of esters is 1. The van der Waals surface area contributed by atoms with Crippen molar-refractivity contribution < 1.29 is 14.3 Å². The number of nitroso groups, excluding NO2 is 1. The second-order valence-corrected chi connectivity index (χ2v) is 6.29. The Hall–Kier alpha value is -2.89. The summed E-state index contributed by atoms with van der Waals surface area (Å²) < 4.78 is 10.9. The van der Waals surface area contributed by atoms with Gasteiger partial charge in [-0.1, -0.05) is 42.5 Å². The second kappa shape index (κ2) is 9.71. The first-order chi connectivity index (χ1) is 13.1. The van der Waals surface area contributed by atoms with Crippen LogP contribution in [0, 0.1) is 4.91 Å². The third-order valence-electron chi connectivity index (χ3n) is 4.63. The molecule has 0 fully saturated rings. The number of hydrogen-bond donors (Lipinski definition) is 0. The molecule has 0 saturated carbocycles. The molecule has 0 saturated heterocycles. The summed E-state index contributed by atoms with van der Waals surface area (Å²) in [6.45, 7) is 2.53. The van der Waals surface area contributed by atoms with E-state index in [2.05, 4.69) is 5.29 Å².